The molecule has 0 aromatic heterocycles. The van der Waals surface area contributed by atoms with Gasteiger partial charge in [-0.05, 0) is 44.9 Å². The van der Waals surface area contributed by atoms with Crippen molar-refractivity contribution in [3.63, 3.8) is 0 Å². The zero-order chi connectivity index (χ0) is 11.5. The predicted molar refractivity (Wildman–Crippen MR) is 68.1 cm³/mol. The van der Waals surface area contributed by atoms with Gasteiger partial charge in [0, 0.05) is 12.1 Å². The fourth-order valence-electron chi connectivity index (χ4n) is 2.52. The van der Waals surface area contributed by atoms with Crippen molar-refractivity contribution < 1.29 is 0 Å². The molecule has 0 saturated heterocycles. The molecule has 0 aromatic rings. The molecule has 1 nitrogen and oxygen atoms in total. The van der Waals surface area contributed by atoms with Crippen molar-refractivity contribution in [3.8, 4) is 0 Å². The Morgan fingerprint density at radius 1 is 0.933 bits per heavy atom. The van der Waals surface area contributed by atoms with Crippen LogP contribution in [0.4, 0.5) is 0 Å². The van der Waals surface area contributed by atoms with E-state index in [-0.39, 0.29) is 5.54 Å². The molecule has 1 aliphatic rings. The van der Waals surface area contributed by atoms with Gasteiger partial charge < -0.3 is 5.32 Å². The minimum absolute atomic E-state index is 0.256. The first-order valence-corrected chi connectivity index (χ1v) is 6.56. The van der Waals surface area contributed by atoms with Gasteiger partial charge >= 0.3 is 0 Å². The molecule has 90 valence electrons. The zero-order valence-electron chi connectivity index (χ0n) is 11.3. The summed E-state index contributed by atoms with van der Waals surface area (Å²) in [5.74, 6) is 0.932. The fourth-order valence-corrected chi connectivity index (χ4v) is 2.52. The second-order valence-electron chi connectivity index (χ2n) is 6.93. The molecule has 1 saturated carbocycles. The lowest BCUT2D eigenvalue weighted by atomic mass is 9.71. The van der Waals surface area contributed by atoms with Crippen LogP contribution in [0.1, 0.15) is 66.7 Å². The van der Waals surface area contributed by atoms with Crippen molar-refractivity contribution in [2.24, 2.45) is 11.3 Å². The third kappa shape index (κ3) is 4.55. The van der Waals surface area contributed by atoms with Crippen LogP contribution in [0.2, 0.25) is 0 Å². The van der Waals surface area contributed by atoms with Crippen molar-refractivity contribution in [2.45, 2.75) is 72.3 Å². The highest BCUT2D eigenvalue weighted by molar-refractivity contribution is 4.85. The van der Waals surface area contributed by atoms with Crippen LogP contribution in [-0.2, 0) is 0 Å². The van der Waals surface area contributed by atoms with E-state index in [2.05, 4.69) is 39.9 Å². The molecule has 0 spiro atoms. The van der Waals surface area contributed by atoms with Crippen LogP contribution < -0.4 is 5.32 Å². The molecule has 0 bridgehead atoms. The molecule has 1 heteroatoms. The number of hydrogen-bond donors (Lipinski definition) is 1. The van der Waals surface area contributed by atoms with Gasteiger partial charge in [0.1, 0.15) is 0 Å². The largest absolute Gasteiger partial charge is 0.312 e. The zero-order valence-corrected chi connectivity index (χ0v) is 11.3. The van der Waals surface area contributed by atoms with Gasteiger partial charge in [-0.3, -0.25) is 0 Å². The Morgan fingerprint density at radius 2 is 1.47 bits per heavy atom. The van der Waals surface area contributed by atoms with Crippen LogP contribution >= 0.6 is 0 Å². The van der Waals surface area contributed by atoms with E-state index in [1.54, 1.807) is 0 Å². The Kier molecular flexibility index (Phi) is 4.22. The summed E-state index contributed by atoms with van der Waals surface area (Å²) in [5, 5.41) is 3.66. The first kappa shape index (κ1) is 13.0. The van der Waals surface area contributed by atoms with Crippen LogP contribution in [0.15, 0.2) is 0 Å². The summed E-state index contributed by atoms with van der Waals surface area (Å²) < 4.78 is 0. The topological polar surface area (TPSA) is 12.0 Å². The quantitative estimate of drug-likeness (QED) is 0.744. The van der Waals surface area contributed by atoms with Crippen LogP contribution in [-0.4, -0.2) is 12.1 Å². The van der Waals surface area contributed by atoms with E-state index in [9.17, 15) is 0 Å². The maximum Gasteiger partial charge on any atom is 0.00967 e. The van der Waals surface area contributed by atoms with E-state index in [1.165, 1.54) is 32.1 Å². The van der Waals surface area contributed by atoms with Gasteiger partial charge in [-0.1, -0.05) is 33.1 Å². The Bertz CT molecular complexity index is 182. The third-order valence-corrected chi connectivity index (χ3v) is 3.78. The van der Waals surface area contributed by atoms with E-state index in [1.807, 2.05) is 0 Å². The lowest BCUT2D eigenvalue weighted by molar-refractivity contribution is 0.143. The molecule has 1 rings (SSSR count). The highest BCUT2D eigenvalue weighted by Gasteiger charge is 2.31. The minimum atomic E-state index is 0.256. The van der Waals surface area contributed by atoms with Gasteiger partial charge in [-0.2, -0.15) is 0 Å². The van der Waals surface area contributed by atoms with Gasteiger partial charge in [-0.15, -0.1) is 0 Å². The fraction of sp³-hybridized carbons (Fsp3) is 1.00. The average molecular weight is 211 g/mol. The SMILES string of the molecule is CC(C)(C)NCC(C)(C)C1CCCCC1. The summed E-state index contributed by atoms with van der Waals surface area (Å²) in [6.07, 6.45) is 7.24. The van der Waals surface area contributed by atoms with Crippen molar-refractivity contribution in [2.75, 3.05) is 6.54 Å². The van der Waals surface area contributed by atoms with Crippen LogP contribution in [0.25, 0.3) is 0 Å². The van der Waals surface area contributed by atoms with Gasteiger partial charge in [0.05, 0.1) is 0 Å². The molecular weight excluding hydrogens is 182 g/mol. The Labute approximate surface area is 96.0 Å². The molecule has 0 amide bonds. The number of hydrogen-bond acceptors (Lipinski definition) is 1. The monoisotopic (exact) mass is 211 g/mol. The Balaban J connectivity index is 2.42. The van der Waals surface area contributed by atoms with Gasteiger partial charge in [-0.25, -0.2) is 0 Å². The lowest BCUT2D eigenvalue weighted by Crippen LogP contribution is -2.44. The molecule has 15 heavy (non-hydrogen) atoms. The second-order valence-corrected chi connectivity index (χ2v) is 6.93. The van der Waals surface area contributed by atoms with Gasteiger partial charge in [0.15, 0.2) is 0 Å². The molecule has 0 aliphatic heterocycles. The highest BCUT2D eigenvalue weighted by atomic mass is 15.0. The van der Waals surface area contributed by atoms with Gasteiger partial charge in [0.2, 0.25) is 0 Å². The smallest absolute Gasteiger partial charge is 0.00967 e. The molecule has 0 unspecified atom stereocenters. The summed E-state index contributed by atoms with van der Waals surface area (Å²) >= 11 is 0. The molecule has 0 radical (unpaired) electrons. The van der Waals surface area contributed by atoms with Gasteiger partial charge in [0.25, 0.3) is 0 Å². The summed E-state index contributed by atoms with van der Waals surface area (Å²) in [4.78, 5) is 0. The molecular formula is C14H29N. The second kappa shape index (κ2) is 4.86. The van der Waals surface area contributed by atoms with E-state index < -0.39 is 0 Å². The molecule has 1 fully saturated rings. The maximum atomic E-state index is 3.66. The van der Waals surface area contributed by atoms with Crippen molar-refractivity contribution in [3.05, 3.63) is 0 Å². The molecule has 0 heterocycles. The average Bonchev–Trinajstić information content (AvgIpc) is 2.16. The van der Waals surface area contributed by atoms with E-state index in [0.717, 1.165) is 12.5 Å². The minimum Gasteiger partial charge on any atom is -0.312 e. The maximum absolute atomic E-state index is 3.66. The van der Waals surface area contributed by atoms with E-state index in [4.69, 9.17) is 0 Å². The molecule has 0 aromatic carbocycles. The van der Waals surface area contributed by atoms with Crippen LogP contribution in [0, 0.1) is 11.3 Å². The van der Waals surface area contributed by atoms with Crippen LogP contribution in [0.3, 0.4) is 0 Å². The molecule has 1 N–H and O–H groups in total. The first-order chi connectivity index (χ1) is 6.81. The molecule has 1 aliphatic carbocycles. The van der Waals surface area contributed by atoms with E-state index in [0.29, 0.717) is 5.41 Å². The lowest BCUT2D eigenvalue weighted by Gasteiger charge is -2.39. The predicted octanol–water partition coefficient (Wildman–Crippen LogP) is 3.98. The van der Waals surface area contributed by atoms with Crippen molar-refractivity contribution >= 4 is 0 Å². The Morgan fingerprint density at radius 3 is 1.93 bits per heavy atom. The summed E-state index contributed by atoms with van der Waals surface area (Å²) in [6.45, 7) is 12.8. The van der Waals surface area contributed by atoms with E-state index >= 15 is 0 Å². The highest BCUT2D eigenvalue weighted by Crippen LogP contribution is 2.37. The summed E-state index contributed by atoms with van der Waals surface area (Å²) in [6, 6.07) is 0. The number of rotatable bonds is 3. The Hall–Kier alpha value is -0.0400. The number of nitrogens with one attached hydrogen (secondary N) is 1. The molecule has 0 atom stereocenters. The van der Waals surface area contributed by atoms with Crippen molar-refractivity contribution in [1.29, 1.82) is 0 Å². The van der Waals surface area contributed by atoms with Crippen LogP contribution in [0.5, 0.6) is 0 Å². The summed E-state index contributed by atoms with van der Waals surface area (Å²) in [7, 11) is 0. The normalized spacial score (nSPS) is 20.6. The standard InChI is InChI=1S/C14H29N/c1-13(2,3)15-11-14(4,5)12-9-7-6-8-10-12/h12,15H,6-11H2,1-5H3. The summed E-state index contributed by atoms with van der Waals surface area (Å²) in [5.41, 5.74) is 0.722. The first-order valence-electron chi connectivity index (χ1n) is 6.56. The third-order valence-electron chi connectivity index (χ3n) is 3.78. The van der Waals surface area contributed by atoms with Crippen molar-refractivity contribution in [1.82, 2.24) is 5.32 Å².